The molecule has 0 heterocycles. The van der Waals surface area contributed by atoms with E-state index >= 15 is 0 Å². The minimum Gasteiger partial charge on any atom is -0.497 e. The monoisotopic (exact) mass is 312 g/mol. The maximum atomic E-state index is 12.2. The van der Waals surface area contributed by atoms with Crippen LogP contribution in [0.2, 0.25) is 0 Å². The Morgan fingerprint density at radius 3 is 2.35 bits per heavy atom. The molecule has 0 saturated heterocycles. The number of amides is 2. The number of methoxy groups -OCH3 is 1. The Kier molecular flexibility index (Phi) is 5.36. The van der Waals surface area contributed by atoms with E-state index in [1.165, 1.54) is 6.07 Å². The van der Waals surface area contributed by atoms with Gasteiger partial charge in [0.2, 0.25) is 5.91 Å². The van der Waals surface area contributed by atoms with Crippen LogP contribution in [0.1, 0.15) is 31.8 Å². The van der Waals surface area contributed by atoms with Crippen LogP contribution in [-0.4, -0.2) is 25.5 Å². The molecule has 0 unspecified atom stereocenters. The van der Waals surface area contributed by atoms with Gasteiger partial charge >= 0.3 is 0 Å². The van der Waals surface area contributed by atoms with Gasteiger partial charge < -0.3 is 15.8 Å². The summed E-state index contributed by atoms with van der Waals surface area (Å²) in [4.78, 5) is 23.4. The molecule has 5 heteroatoms. The quantitative estimate of drug-likeness (QED) is 0.857. The van der Waals surface area contributed by atoms with Gasteiger partial charge in [-0.3, -0.25) is 9.59 Å². The van der Waals surface area contributed by atoms with Crippen molar-refractivity contribution < 1.29 is 14.3 Å². The highest BCUT2D eigenvalue weighted by molar-refractivity contribution is 5.99. The summed E-state index contributed by atoms with van der Waals surface area (Å²) >= 11 is 0. The van der Waals surface area contributed by atoms with E-state index in [0.29, 0.717) is 24.1 Å². The van der Waals surface area contributed by atoms with Gasteiger partial charge in [-0.05, 0) is 54.8 Å². The van der Waals surface area contributed by atoms with Crippen LogP contribution in [0.15, 0.2) is 42.5 Å². The fraction of sp³-hybridized carbons (Fsp3) is 0.222. The van der Waals surface area contributed by atoms with E-state index in [4.69, 9.17) is 10.5 Å². The molecule has 2 amide bonds. The zero-order valence-corrected chi connectivity index (χ0v) is 13.3. The molecule has 0 spiro atoms. The number of hydrogen-bond donors (Lipinski definition) is 2. The van der Waals surface area contributed by atoms with Crippen LogP contribution < -0.4 is 15.8 Å². The molecule has 0 atom stereocenters. The lowest BCUT2D eigenvalue weighted by Gasteiger charge is -2.08. The zero-order chi connectivity index (χ0) is 16.8. The summed E-state index contributed by atoms with van der Waals surface area (Å²) in [6, 6.07) is 12.6. The fourth-order valence-corrected chi connectivity index (χ4v) is 2.27. The Labute approximate surface area is 135 Å². The molecule has 0 bridgehead atoms. The van der Waals surface area contributed by atoms with E-state index in [1.807, 2.05) is 31.2 Å². The SMILES string of the molecule is COc1ccc(CCNC(=O)c2cc(C)cc(C(N)=O)c2)cc1. The normalized spacial score (nSPS) is 10.2. The molecular weight excluding hydrogens is 292 g/mol. The molecule has 0 aromatic heterocycles. The Balaban J connectivity index is 1.95. The van der Waals surface area contributed by atoms with E-state index in [-0.39, 0.29) is 5.91 Å². The first-order chi connectivity index (χ1) is 11.0. The number of benzene rings is 2. The van der Waals surface area contributed by atoms with Gasteiger partial charge in [0.05, 0.1) is 7.11 Å². The molecule has 23 heavy (non-hydrogen) atoms. The van der Waals surface area contributed by atoms with Gasteiger partial charge in [0.1, 0.15) is 5.75 Å². The van der Waals surface area contributed by atoms with E-state index in [0.717, 1.165) is 16.9 Å². The fourth-order valence-electron chi connectivity index (χ4n) is 2.27. The van der Waals surface area contributed by atoms with Crippen LogP contribution in [0.3, 0.4) is 0 Å². The third-order valence-corrected chi connectivity index (χ3v) is 3.48. The number of aryl methyl sites for hydroxylation is 1. The lowest BCUT2D eigenvalue weighted by molar-refractivity contribution is 0.0954. The Morgan fingerprint density at radius 2 is 1.74 bits per heavy atom. The van der Waals surface area contributed by atoms with Gasteiger partial charge in [0.15, 0.2) is 0 Å². The molecule has 120 valence electrons. The van der Waals surface area contributed by atoms with Crippen LogP contribution in [0.25, 0.3) is 0 Å². The van der Waals surface area contributed by atoms with Crippen molar-refractivity contribution >= 4 is 11.8 Å². The predicted octanol–water partition coefficient (Wildman–Crippen LogP) is 2.08. The molecule has 2 aromatic carbocycles. The minimum absolute atomic E-state index is 0.218. The van der Waals surface area contributed by atoms with Crippen LogP contribution >= 0.6 is 0 Å². The highest BCUT2D eigenvalue weighted by atomic mass is 16.5. The largest absolute Gasteiger partial charge is 0.497 e. The molecule has 5 nitrogen and oxygen atoms in total. The van der Waals surface area contributed by atoms with E-state index in [9.17, 15) is 9.59 Å². The van der Waals surface area contributed by atoms with Crippen molar-refractivity contribution in [1.82, 2.24) is 5.32 Å². The molecule has 0 fully saturated rings. The Bertz CT molecular complexity index is 709. The van der Waals surface area contributed by atoms with Crippen molar-refractivity contribution in [3.05, 3.63) is 64.7 Å². The van der Waals surface area contributed by atoms with Gasteiger partial charge in [0, 0.05) is 17.7 Å². The Morgan fingerprint density at radius 1 is 1.09 bits per heavy atom. The van der Waals surface area contributed by atoms with E-state index < -0.39 is 5.91 Å². The first kappa shape index (κ1) is 16.5. The van der Waals surface area contributed by atoms with Gasteiger partial charge in [0.25, 0.3) is 5.91 Å². The first-order valence-corrected chi connectivity index (χ1v) is 7.32. The topological polar surface area (TPSA) is 81.4 Å². The number of carbonyl (C=O) groups is 2. The molecular formula is C18H20N2O3. The van der Waals surface area contributed by atoms with Crippen LogP contribution in [0.5, 0.6) is 5.75 Å². The van der Waals surface area contributed by atoms with Crippen molar-refractivity contribution in [3.63, 3.8) is 0 Å². The number of nitrogens with one attached hydrogen (secondary N) is 1. The van der Waals surface area contributed by atoms with Crippen molar-refractivity contribution in [2.75, 3.05) is 13.7 Å². The summed E-state index contributed by atoms with van der Waals surface area (Å²) in [5.41, 5.74) is 7.97. The summed E-state index contributed by atoms with van der Waals surface area (Å²) < 4.78 is 5.10. The van der Waals surface area contributed by atoms with Gasteiger partial charge in [-0.25, -0.2) is 0 Å². The molecule has 0 aliphatic heterocycles. The lowest BCUT2D eigenvalue weighted by atomic mass is 10.1. The number of rotatable bonds is 6. The second kappa shape index (κ2) is 7.45. The number of ether oxygens (including phenoxy) is 1. The maximum absolute atomic E-state index is 12.2. The molecule has 2 rings (SSSR count). The molecule has 0 radical (unpaired) electrons. The number of carbonyl (C=O) groups excluding carboxylic acids is 2. The number of primary amides is 1. The third kappa shape index (κ3) is 4.57. The average molecular weight is 312 g/mol. The second-order valence-electron chi connectivity index (χ2n) is 5.31. The van der Waals surface area contributed by atoms with Crippen LogP contribution in [-0.2, 0) is 6.42 Å². The first-order valence-electron chi connectivity index (χ1n) is 7.32. The van der Waals surface area contributed by atoms with Crippen LogP contribution in [0.4, 0.5) is 0 Å². The standard InChI is InChI=1S/C18H20N2O3/c1-12-9-14(17(19)21)11-15(10-12)18(22)20-8-7-13-3-5-16(23-2)6-4-13/h3-6,9-11H,7-8H2,1-2H3,(H2,19,21)(H,20,22). The molecule has 0 saturated carbocycles. The summed E-state index contributed by atoms with van der Waals surface area (Å²) in [5.74, 6) is 0.0437. The van der Waals surface area contributed by atoms with Gasteiger partial charge in [-0.1, -0.05) is 12.1 Å². The van der Waals surface area contributed by atoms with Gasteiger partial charge in [-0.15, -0.1) is 0 Å². The van der Waals surface area contributed by atoms with Crippen molar-refractivity contribution in [2.24, 2.45) is 5.73 Å². The lowest BCUT2D eigenvalue weighted by Crippen LogP contribution is -2.26. The summed E-state index contributed by atoms with van der Waals surface area (Å²) in [5, 5.41) is 2.85. The summed E-state index contributed by atoms with van der Waals surface area (Å²) in [6.45, 7) is 2.32. The van der Waals surface area contributed by atoms with E-state index in [2.05, 4.69) is 5.32 Å². The predicted molar refractivity (Wildman–Crippen MR) is 88.7 cm³/mol. The van der Waals surface area contributed by atoms with Crippen molar-refractivity contribution in [2.45, 2.75) is 13.3 Å². The molecule has 0 aliphatic carbocycles. The van der Waals surface area contributed by atoms with Crippen LogP contribution in [0, 0.1) is 6.92 Å². The maximum Gasteiger partial charge on any atom is 0.251 e. The second-order valence-corrected chi connectivity index (χ2v) is 5.31. The molecule has 2 aromatic rings. The molecule has 3 N–H and O–H groups in total. The average Bonchev–Trinajstić information content (AvgIpc) is 2.54. The summed E-state index contributed by atoms with van der Waals surface area (Å²) in [6.07, 6.45) is 0.713. The van der Waals surface area contributed by atoms with Gasteiger partial charge in [-0.2, -0.15) is 0 Å². The number of nitrogens with two attached hydrogens (primary N) is 1. The number of hydrogen-bond acceptors (Lipinski definition) is 3. The zero-order valence-electron chi connectivity index (χ0n) is 13.3. The minimum atomic E-state index is -0.541. The van der Waals surface area contributed by atoms with E-state index in [1.54, 1.807) is 19.2 Å². The highest BCUT2D eigenvalue weighted by Gasteiger charge is 2.09. The smallest absolute Gasteiger partial charge is 0.251 e. The molecule has 0 aliphatic rings. The third-order valence-electron chi connectivity index (χ3n) is 3.48. The Hall–Kier alpha value is -2.82. The highest BCUT2D eigenvalue weighted by Crippen LogP contribution is 2.12. The van der Waals surface area contributed by atoms with Crippen molar-refractivity contribution in [1.29, 1.82) is 0 Å². The van der Waals surface area contributed by atoms with Crippen molar-refractivity contribution in [3.8, 4) is 5.75 Å². The summed E-state index contributed by atoms with van der Waals surface area (Å²) in [7, 11) is 1.62.